The first kappa shape index (κ1) is 67.0. The summed E-state index contributed by atoms with van der Waals surface area (Å²) in [6, 6.07) is 25.8. The van der Waals surface area contributed by atoms with Gasteiger partial charge in [-0.2, -0.15) is 39.5 Å². The molecule has 0 spiro atoms. The molecule has 492 valence electrons. The maximum Gasteiger partial charge on any atom is 0.416 e. The summed E-state index contributed by atoms with van der Waals surface area (Å²) in [5.41, 5.74) is 7.41. The monoisotopic (exact) mass is 1310 g/mol. The number of carbonyl (C=O) groups is 6. The van der Waals surface area contributed by atoms with E-state index in [-0.39, 0.29) is 55.5 Å². The zero-order valence-corrected chi connectivity index (χ0v) is 51.0. The van der Waals surface area contributed by atoms with E-state index in [0.717, 1.165) is 64.3 Å². The van der Waals surface area contributed by atoms with Gasteiger partial charge in [0, 0.05) is 96.3 Å². The Morgan fingerprint density at radius 1 is 0.585 bits per heavy atom. The number of anilines is 5. The van der Waals surface area contributed by atoms with Gasteiger partial charge in [0.2, 0.25) is 29.5 Å². The van der Waals surface area contributed by atoms with Gasteiger partial charge in [0.15, 0.2) is 0 Å². The second-order valence-corrected chi connectivity index (χ2v) is 23.1. The van der Waals surface area contributed by atoms with E-state index in [2.05, 4.69) is 31.9 Å². The van der Waals surface area contributed by atoms with Crippen molar-refractivity contribution >= 4 is 80.7 Å². The third-order valence-corrected chi connectivity index (χ3v) is 16.9. The van der Waals surface area contributed by atoms with Gasteiger partial charge < -0.3 is 51.0 Å². The summed E-state index contributed by atoms with van der Waals surface area (Å²) in [7, 11) is 1.71. The molecule has 0 radical (unpaired) electrons. The summed E-state index contributed by atoms with van der Waals surface area (Å²) < 4.78 is 135. The van der Waals surface area contributed by atoms with Crippen LogP contribution in [0.3, 0.4) is 0 Å². The molecule has 0 fully saturated rings. The molecule has 7 amide bonds. The highest BCUT2D eigenvalue weighted by molar-refractivity contribution is 6.07. The van der Waals surface area contributed by atoms with Gasteiger partial charge in [0.1, 0.15) is 17.1 Å². The van der Waals surface area contributed by atoms with Crippen molar-refractivity contribution in [1.29, 1.82) is 0 Å². The average molecular weight is 1310 g/mol. The first-order valence-electron chi connectivity index (χ1n) is 30.2. The highest BCUT2D eigenvalue weighted by atomic mass is 19.4. The van der Waals surface area contributed by atoms with E-state index in [1.807, 2.05) is 26.0 Å². The lowest BCUT2D eigenvalue weighted by Gasteiger charge is -2.39. The van der Waals surface area contributed by atoms with Gasteiger partial charge in [0.25, 0.3) is 0 Å². The first-order chi connectivity index (χ1) is 44.6. The molecule has 0 bridgehead atoms. The maximum absolute atomic E-state index is 13.3. The van der Waals surface area contributed by atoms with E-state index < -0.39 is 58.5 Å². The Labute approximate surface area is 534 Å². The van der Waals surface area contributed by atoms with Gasteiger partial charge in [-0.1, -0.05) is 50.2 Å². The zero-order valence-electron chi connectivity index (χ0n) is 51.0. The van der Waals surface area contributed by atoms with Crippen LogP contribution in [0.2, 0.25) is 0 Å². The molecule has 25 heteroatoms. The Kier molecular flexibility index (Phi) is 19.8. The van der Waals surface area contributed by atoms with Crippen LogP contribution in [-0.4, -0.2) is 61.4 Å². The number of amides is 7. The van der Waals surface area contributed by atoms with Gasteiger partial charge in [-0.3, -0.25) is 24.0 Å². The third-order valence-electron chi connectivity index (χ3n) is 16.9. The molecule has 6 aromatic rings. The number of hydrogen-bond donors (Lipinski definition) is 6. The Balaban J connectivity index is 0.000000154. The van der Waals surface area contributed by atoms with E-state index in [1.54, 1.807) is 54.4 Å². The number of alkyl halides is 9. The fraction of sp³-hybridized carbons (Fsp3) is 0.304. The predicted octanol–water partition coefficient (Wildman–Crippen LogP) is 14.3. The van der Waals surface area contributed by atoms with E-state index >= 15 is 0 Å². The predicted molar refractivity (Wildman–Crippen MR) is 334 cm³/mol. The zero-order chi connectivity index (χ0) is 67.3. The molecular weight excluding hydrogens is 1240 g/mol. The molecule has 94 heavy (non-hydrogen) atoms. The van der Waals surface area contributed by atoms with Crippen molar-refractivity contribution in [3.8, 4) is 11.5 Å². The minimum absolute atomic E-state index is 0.0191. The molecule has 0 unspecified atom stereocenters. The number of nitrogens with one attached hydrogen (secondary N) is 6. The number of urea groups is 1. The normalized spacial score (nSPS) is 17.6. The molecule has 6 N–H and O–H groups in total. The Morgan fingerprint density at radius 3 is 1.85 bits per heavy atom. The van der Waals surface area contributed by atoms with Crippen molar-refractivity contribution in [1.82, 2.24) is 10.6 Å². The van der Waals surface area contributed by atoms with Gasteiger partial charge in [0.05, 0.1) is 42.9 Å². The molecule has 12 rings (SSSR count). The van der Waals surface area contributed by atoms with Crippen molar-refractivity contribution in [2.45, 2.75) is 115 Å². The number of carbonyl (C=O) groups excluding carboxylic acids is 6. The molecular formula is C69H64F9N7O9. The van der Waals surface area contributed by atoms with Crippen molar-refractivity contribution < 1.29 is 82.5 Å². The van der Waals surface area contributed by atoms with Crippen LogP contribution >= 0.6 is 0 Å². The van der Waals surface area contributed by atoms with Crippen LogP contribution < -0.4 is 46.3 Å². The maximum atomic E-state index is 13.3. The summed E-state index contributed by atoms with van der Waals surface area (Å²) in [4.78, 5) is 74.8. The SMILES string of the molecule is CCC1(CC)C/C(=C\C(=O)Nc2ccc3c(c2)N(C)C(=O)CC3)c2ccc(C(F)(F)F)cc2O1.O=C(/C=C1\CCCOc2cc(C(F)(F)F)ccc21)Nc1ccc2c(c1)CC(=O)NC2.O=C(/C=C1\CCOCc2cc(C(F)(F)F)ccc21)Nc1cccc2c1CNC(=O)N2. The fourth-order valence-electron chi connectivity index (χ4n) is 11.7. The summed E-state index contributed by atoms with van der Waals surface area (Å²) in [6.45, 7) is 5.20. The molecule has 6 aliphatic rings. The van der Waals surface area contributed by atoms with Crippen LogP contribution in [0.25, 0.3) is 16.7 Å². The molecule has 6 aliphatic heterocycles. The molecule has 6 heterocycles. The molecule has 0 aliphatic carbocycles. The average Bonchev–Trinajstić information content (AvgIpc) is 0.894. The second kappa shape index (κ2) is 27.7. The van der Waals surface area contributed by atoms with Gasteiger partial charge >= 0.3 is 24.6 Å². The minimum atomic E-state index is -4.49. The van der Waals surface area contributed by atoms with E-state index in [1.165, 1.54) is 36.4 Å². The van der Waals surface area contributed by atoms with Crippen molar-refractivity contribution in [2.75, 3.05) is 46.4 Å². The van der Waals surface area contributed by atoms with E-state index in [4.69, 9.17) is 14.2 Å². The number of benzene rings is 6. The van der Waals surface area contributed by atoms with Crippen molar-refractivity contribution in [3.05, 3.63) is 189 Å². The van der Waals surface area contributed by atoms with Crippen LogP contribution in [0.5, 0.6) is 11.5 Å². The third kappa shape index (κ3) is 15.9. The summed E-state index contributed by atoms with van der Waals surface area (Å²) in [5, 5.41) is 16.5. The van der Waals surface area contributed by atoms with Crippen molar-refractivity contribution in [2.24, 2.45) is 0 Å². The fourth-order valence-corrected chi connectivity index (χ4v) is 11.7. The number of halogens is 9. The number of allylic oxidation sites excluding steroid dienone is 1. The van der Waals surface area contributed by atoms with Crippen LogP contribution in [0, 0.1) is 0 Å². The number of nitrogens with zero attached hydrogens (tertiary/aromatic N) is 1. The highest BCUT2D eigenvalue weighted by Gasteiger charge is 2.39. The lowest BCUT2D eigenvalue weighted by molar-refractivity contribution is -0.138. The topological polar surface area (TPSA) is 206 Å². The Bertz CT molecular complexity index is 4070. The summed E-state index contributed by atoms with van der Waals surface area (Å²) in [5.74, 6) is -0.986. The number of ether oxygens (including phenoxy) is 3. The summed E-state index contributed by atoms with van der Waals surface area (Å²) >= 11 is 0. The Hall–Kier alpha value is -9.91. The van der Waals surface area contributed by atoms with E-state index in [9.17, 15) is 68.3 Å². The molecule has 0 saturated carbocycles. The Morgan fingerprint density at radius 2 is 1.18 bits per heavy atom. The molecule has 16 nitrogen and oxygen atoms in total. The lowest BCUT2D eigenvalue weighted by Crippen LogP contribution is -2.38. The van der Waals surface area contributed by atoms with Gasteiger partial charge in [-0.05, 0) is 156 Å². The number of hydrogen-bond acceptors (Lipinski definition) is 9. The van der Waals surface area contributed by atoms with Gasteiger partial charge in [-0.25, -0.2) is 4.79 Å². The molecule has 0 aromatic heterocycles. The smallest absolute Gasteiger partial charge is 0.416 e. The summed E-state index contributed by atoms with van der Waals surface area (Å²) in [6.07, 6.45) is -4.74. The molecule has 0 saturated heterocycles. The number of rotatable bonds is 8. The largest absolute Gasteiger partial charge is 0.493 e. The van der Waals surface area contributed by atoms with Crippen LogP contribution in [0.15, 0.2) is 127 Å². The van der Waals surface area contributed by atoms with Crippen molar-refractivity contribution in [3.63, 3.8) is 0 Å². The second-order valence-electron chi connectivity index (χ2n) is 23.1. The van der Waals surface area contributed by atoms with Crippen LogP contribution in [-0.2, 0) is 79.8 Å². The first-order valence-corrected chi connectivity index (χ1v) is 30.2. The van der Waals surface area contributed by atoms with Gasteiger partial charge in [-0.15, -0.1) is 0 Å². The van der Waals surface area contributed by atoms with Crippen LogP contribution in [0.4, 0.5) is 72.7 Å². The number of fused-ring (bicyclic) bond motifs is 6. The molecule has 0 atom stereocenters. The van der Waals surface area contributed by atoms with E-state index in [0.29, 0.717) is 126 Å². The quantitative estimate of drug-likeness (QED) is 0.0632. The lowest BCUT2D eigenvalue weighted by atomic mass is 9.83. The minimum Gasteiger partial charge on any atom is -0.493 e. The highest BCUT2D eigenvalue weighted by Crippen LogP contribution is 2.46. The molecule has 6 aromatic carbocycles. The number of aryl methyl sites for hydroxylation is 1. The van der Waals surface area contributed by atoms with Crippen LogP contribution in [0.1, 0.15) is 120 Å². The standard InChI is InChI=1S/C26H27F3N2O3.C22H19F3N2O3.C21H18F3N3O3/c1-4-25(5-2)15-17(20-10-8-18(26(27,28)29)13-22(20)34-25)12-23(32)30-19-9-6-16-7-11-24(33)31(3)21(16)14-19;23-22(24,25)16-4-6-18-13(2-1-7-30-19(18)11-16)9-21(29)27-17-5-3-14-12-26-20(28)10-15(14)8-17;22-21(23,24)14-4-5-15-12(6-7-30-11-13(15)8-14)9-19(28)26-17-2-1-3-18-16(17)10-25-20(29)27-18/h6,8-10,12-14H,4-5,7,11,15H2,1-3H3,(H,30,32);3-6,8-9,11H,1-2,7,10,12H2,(H,26,28)(H,27,29);1-5,8-9H,6-7,10-11H2,(H,26,28)(H2,25,27,29)/b17-12+;13-9+;12-9+.